The summed E-state index contributed by atoms with van der Waals surface area (Å²) in [6, 6.07) is 25.7. The zero-order valence-electron chi connectivity index (χ0n) is 15.7. The number of halogens is 2. The Bertz CT molecular complexity index is 795. The van der Waals surface area contributed by atoms with Gasteiger partial charge in [0, 0.05) is 0 Å². The van der Waals surface area contributed by atoms with Gasteiger partial charge in [0.1, 0.15) is 0 Å². The molecule has 4 aromatic carbocycles. The van der Waals surface area contributed by atoms with E-state index in [0.29, 0.717) is 0 Å². The third-order valence-corrected chi connectivity index (χ3v) is 3.52. The third-order valence-electron chi connectivity index (χ3n) is 3.52. The predicted molar refractivity (Wildman–Crippen MR) is 106 cm³/mol. The Morgan fingerprint density at radius 3 is 1.31 bits per heavy atom. The van der Waals surface area contributed by atoms with Crippen molar-refractivity contribution in [1.29, 1.82) is 0 Å². The third kappa shape index (κ3) is 8.24. The number of rotatable bonds is 0. The molecule has 0 aliphatic rings. The minimum Gasteiger partial charge on any atom is -1.00 e. The molecule has 0 spiro atoms. The summed E-state index contributed by atoms with van der Waals surface area (Å²) in [4.78, 5) is 0. The van der Waals surface area contributed by atoms with Gasteiger partial charge in [-0.25, -0.2) is 0 Å². The Labute approximate surface area is 181 Å². The average Bonchev–Trinajstić information content (AvgIpc) is 3.07. The minimum atomic E-state index is 0. The minimum absolute atomic E-state index is 0. The number of hydrogen-bond donors (Lipinski definition) is 0. The van der Waals surface area contributed by atoms with E-state index in [4.69, 9.17) is 0 Å². The molecule has 4 heteroatoms. The zero-order valence-corrected chi connectivity index (χ0v) is 19.8. The van der Waals surface area contributed by atoms with Crippen LogP contribution in [0.15, 0.2) is 72.8 Å². The summed E-state index contributed by atoms with van der Waals surface area (Å²) >= 11 is 2.27. The van der Waals surface area contributed by atoms with Gasteiger partial charge in [0.05, 0.1) is 0 Å². The first-order valence-electron chi connectivity index (χ1n) is 8.21. The molecule has 0 atom stereocenters. The number of aryl methyl sites for hydroxylation is 2. The van der Waals surface area contributed by atoms with Gasteiger partial charge in [0.25, 0.3) is 0 Å². The van der Waals surface area contributed by atoms with E-state index in [0.717, 1.165) is 0 Å². The fourth-order valence-corrected chi connectivity index (χ4v) is 2.61. The summed E-state index contributed by atoms with van der Waals surface area (Å²) < 4.78 is 0. The van der Waals surface area contributed by atoms with E-state index >= 15 is 0 Å². The molecule has 4 aromatic rings. The van der Waals surface area contributed by atoms with Crippen LogP contribution < -0.4 is 24.8 Å². The van der Waals surface area contributed by atoms with Gasteiger partial charge in [0.15, 0.2) is 0 Å². The van der Waals surface area contributed by atoms with Crippen molar-refractivity contribution >= 4 is 27.7 Å². The number of hydrogen-bond acceptors (Lipinski definition) is 0. The molecule has 0 heterocycles. The van der Waals surface area contributed by atoms with E-state index < -0.39 is 0 Å². The quantitative estimate of drug-likeness (QED) is 0.279. The Morgan fingerprint density at radius 1 is 0.692 bits per heavy atom. The van der Waals surface area contributed by atoms with E-state index in [1.54, 1.807) is 0 Å². The SMILES string of the molecule is C[Si](C)=[Ti+2].Cc1cc2ccccc2[cH-]1.Cc1cc2ccccc2[cH-]1.[Cl-].[Cl-]. The molecule has 0 unspecified atom stereocenters. The second kappa shape index (κ2) is 12.5. The second-order valence-electron chi connectivity index (χ2n) is 6.32. The van der Waals surface area contributed by atoms with Gasteiger partial charge in [-0.3, -0.25) is 0 Å². The molecule has 0 aromatic heterocycles. The van der Waals surface area contributed by atoms with Gasteiger partial charge in [-0.15, -0.1) is 81.2 Å². The van der Waals surface area contributed by atoms with Gasteiger partial charge in [-0.1, -0.05) is 26.0 Å². The van der Waals surface area contributed by atoms with E-state index in [-0.39, 0.29) is 31.0 Å². The van der Waals surface area contributed by atoms with Crippen LogP contribution in [0.1, 0.15) is 11.1 Å². The first kappa shape index (κ1) is 25.2. The van der Waals surface area contributed by atoms with Crippen molar-refractivity contribution in [1.82, 2.24) is 0 Å². The first-order valence-corrected chi connectivity index (χ1v) is 13.1. The van der Waals surface area contributed by atoms with E-state index in [2.05, 4.69) is 119 Å². The molecular weight excluding hydrogens is 411 g/mol. The Hall–Kier alpha value is -0.829. The molecule has 0 saturated heterocycles. The van der Waals surface area contributed by atoms with Gasteiger partial charge in [0.2, 0.25) is 0 Å². The van der Waals surface area contributed by atoms with Crippen molar-refractivity contribution < 1.29 is 44.0 Å². The molecule has 0 saturated carbocycles. The summed E-state index contributed by atoms with van der Waals surface area (Å²) in [6.07, 6.45) is 0.120. The molecule has 0 fully saturated rings. The molecule has 0 bridgehead atoms. The van der Waals surface area contributed by atoms with Gasteiger partial charge >= 0.3 is 38.5 Å². The molecule has 26 heavy (non-hydrogen) atoms. The van der Waals surface area contributed by atoms with Crippen LogP contribution in [0.5, 0.6) is 0 Å². The smallest absolute Gasteiger partial charge is 0.0579 e. The van der Waals surface area contributed by atoms with Crippen LogP contribution in [0.3, 0.4) is 0 Å². The van der Waals surface area contributed by atoms with Gasteiger partial charge in [-0.2, -0.15) is 12.1 Å². The first-order chi connectivity index (χ1) is 11.5. The van der Waals surface area contributed by atoms with Crippen LogP contribution >= 0.6 is 0 Å². The predicted octanol–water partition coefficient (Wildman–Crippen LogP) is 0.527. The maximum absolute atomic E-state index is 2.27. The van der Waals surface area contributed by atoms with Crippen molar-refractivity contribution in [3.8, 4) is 0 Å². The Balaban J connectivity index is 0.000000378. The molecule has 136 valence electrons. The standard InChI is InChI=1S/2C10H9.C2H6Si.2ClH.Ti/c2*1-8-6-9-4-2-3-5-10(9)7-8;1-3-2;;;/h2*2-7H,1H3;1-2H3;2*1H;/q2*-1;;;;+2/p-2. The van der Waals surface area contributed by atoms with E-state index in [1.165, 1.54) is 32.7 Å². The summed E-state index contributed by atoms with van der Waals surface area (Å²) in [5.41, 5.74) is 2.70. The van der Waals surface area contributed by atoms with Crippen molar-refractivity contribution in [3.05, 3.63) is 83.9 Å². The number of benzene rings is 2. The Kier molecular flexibility index (Phi) is 12.1. The zero-order chi connectivity index (χ0) is 17.5. The number of fused-ring (bicyclic) bond motifs is 2. The van der Waals surface area contributed by atoms with Crippen molar-refractivity contribution in [2.75, 3.05) is 0 Å². The van der Waals surface area contributed by atoms with Crippen LogP contribution in [0.25, 0.3) is 21.5 Å². The van der Waals surface area contributed by atoms with Crippen molar-refractivity contribution in [2.45, 2.75) is 26.9 Å². The fourth-order valence-electron chi connectivity index (χ4n) is 2.61. The normalized spacial score (nSPS) is 9.15. The topological polar surface area (TPSA) is 0 Å². The van der Waals surface area contributed by atoms with Crippen molar-refractivity contribution in [2.24, 2.45) is 0 Å². The largest absolute Gasteiger partial charge is 1.00 e. The second-order valence-corrected chi connectivity index (χ2v) is 13.0. The molecular formula is C22H24Cl2SiTi-2. The molecule has 0 nitrogen and oxygen atoms in total. The van der Waals surface area contributed by atoms with Crippen LogP contribution in [-0.4, -0.2) is 6.19 Å². The Morgan fingerprint density at radius 2 is 1.00 bits per heavy atom. The van der Waals surface area contributed by atoms with Crippen molar-refractivity contribution in [3.63, 3.8) is 0 Å². The fraction of sp³-hybridized carbons (Fsp3) is 0.182. The maximum atomic E-state index is 2.27. The van der Waals surface area contributed by atoms with Gasteiger partial charge in [-0.05, 0) is 0 Å². The molecule has 0 N–H and O–H groups in total. The maximum Gasteiger partial charge on any atom is -0.0579 e. The molecule has 0 aliphatic carbocycles. The molecule has 4 rings (SSSR count). The average molecular weight is 435 g/mol. The monoisotopic (exact) mass is 434 g/mol. The summed E-state index contributed by atoms with van der Waals surface area (Å²) in [6.45, 7) is 8.79. The molecule has 0 amide bonds. The summed E-state index contributed by atoms with van der Waals surface area (Å²) in [7, 11) is 0. The molecule has 0 aliphatic heterocycles. The van der Waals surface area contributed by atoms with Crippen LogP contribution in [0.2, 0.25) is 13.1 Å². The van der Waals surface area contributed by atoms with Crippen LogP contribution in [0, 0.1) is 13.8 Å². The van der Waals surface area contributed by atoms with Gasteiger partial charge < -0.3 is 24.8 Å². The summed E-state index contributed by atoms with van der Waals surface area (Å²) in [5, 5.41) is 5.39. The molecule has 0 radical (unpaired) electrons. The summed E-state index contributed by atoms with van der Waals surface area (Å²) in [5.74, 6) is 0. The van der Waals surface area contributed by atoms with Crippen LogP contribution in [-0.2, 0) is 19.2 Å². The van der Waals surface area contributed by atoms with E-state index in [9.17, 15) is 0 Å². The van der Waals surface area contributed by atoms with Crippen LogP contribution in [0.4, 0.5) is 0 Å². The van der Waals surface area contributed by atoms with E-state index in [1.807, 2.05) is 0 Å².